The van der Waals surface area contributed by atoms with Crippen molar-refractivity contribution in [3.63, 3.8) is 0 Å². The van der Waals surface area contributed by atoms with Crippen LogP contribution in [-0.2, 0) is 19.4 Å². The Balaban J connectivity index is 0.00000225. The van der Waals surface area contributed by atoms with Crippen molar-refractivity contribution in [2.24, 2.45) is 5.73 Å². The molecule has 2 heterocycles. The fourth-order valence-corrected chi connectivity index (χ4v) is 2.43. The molecule has 0 aliphatic heterocycles. The van der Waals surface area contributed by atoms with Crippen LogP contribution in [-0.4, -0.2) is 31.5 Å². The Bertz CT molecular complexity index is 759. The second-order valence-electron chi connectivity index (χ2n) is 5.45. The first kappa shape index (κ1) is 18.9. The van der Waals surface area contributed by atoms with Crippen LogP contribution in [0.2, 0.25) is 0 Å². The van der Waals surface area contributed by atoms with Gasteiger partial charge >= 0.3 is 6.01 Å². The van der Waals surface area contributed by atoms with Crippen LogP contribution in [0.25, 0.3) is 0 Å². The molecule has 134 valence electrons. The summed E-state index contributed by atoms with van der Waals surface area (Å²) in [6, 6.07) is 10.0. The standard InChI is InChI=1S/C16H21N7O.ClH/c1-2-23-11-19-20-14(23)8-9-18-16-22-21-15(24-16)13(17)10-12-6-4-3-5-7-12;/h3-7,11,13H,2,8-10,17H2,1H3,(H,18,22);1H/t13-;/m1./s1. The molecule has 1 atom stereocenters. The van der Waals surface area contributed by atoms with E-state index in [1.54, 1.807) is 6.33 Å². The average Bonchev–Trinajstić information content (AvgIpc) is 3.25. The first-order valence-electron chi connectivity index (χ1n) is 7.99. The number of hydrogen-bond donors (Lipinski definition) is 2. The minimum atomic E-state index is -0.321. The van der Waals surface area contributed by atoms with Crippen molar-refractivity contribution < 1.29 is 4.42 Å². The van der Waals surface area contributed by atoms with Gasteiger partial charge in [-0.2, -0.15) is 0 Å². The minimum Gasteiger partial charge on any atom is -0.406 e. The summed E-state index contributed by atoms with van der Waals surface area (Å²) >= 11 is 0. The smallest absolute Gasteiger partial charge is 0.315 e. The van der Waals surface area contributed by atoms with E-state index >= 15 is 0 Å². The maximum Gasteiger partial charge on any atom is 0.315 e. The highest BCUT2D eigenvalue weighted by Gasteiger charge is 2.15. The minimum absolute atomic E-state index is 0. The number of rotatable bonds is 8. The number of aromatic nitrogens is 5. The Morgan fingerprint density at radius 3 is 2.76 bits per heavy atom. The summed E-state index contributed by atoms with van der Waals surface area (Å²) in [4.78, 5) is 0. The van der Waals surface area contributed by atoms with Gasteiger partial charge < -0.3 is 20.0 Å². The number of benzene rings is 1. The van der Waals surface area contributed by atoms with Gasteiger partial charge in [0.15, 0.2) is 0 Å². The van der Waals surface area contributed by atoms with E-state index in [2.05, 4.69) is 32.6 Å². The van der Waals surface area contributed by atoms with E-state index in [9.17, 15) is 0 Å². The molecule has 0 aliphatic rings. The summed E-state index contributed by atoms with van der Waals surface area (Å²) in [5, 5.41) is 19.1. The molecule has 0 spiro atoms. The van der Waals surface area contributed by atoms with Gasteiger partial charge in [0.25, 0.3) is 0 Å². The highest BCUT2D eigenvalue weighted by atomic mass is 35.5. The third-order valence-corrected chi connectivity index (χ3v) is 3.72. The molecular weight excluding hydrogens is 342 g/mol. The average molecular weight is 364 g/mol. The molecule has 0 fully saturated rings. The maximum absolute atomic E-state index is 6.14. The van der Waals surface area contributed by atoms with E-state index in [0.717, 1.165) is 24.4 Å². The lowest BCUT2D eigenvalue weighted by Gasteiger charge is -2.06. The third-order valence-electron chi connectivity index (χ3n) is 3.72. The van der Waals surface area contributed by atoms with Crippen molar-refractivity contribution in [2.75, 3.05) is 11.9 Å². The summed E-state index contributed by atoms with van der Waals surface area (Å²) in [6.45, 7) is 3.54. The molecule has 0 aliphatic carbocycles. The zero-order chi connectivity index (χ0) is 16.8. The van der Waals surface area contributed by atoms with Crippen LogP contribution < -0.4 is 11.1 Å². The molecule has 0 bridgehead atoms. The molecule has 2 aromatic heterocycles. The van der Waals surface area contributed by atoms with Crippen molar-refractivity contribution in [1.82, 2.24) is 25.0 Å². The highest BCUT2D eigenvalue weighted by molar-refractivity contribution is 5.85. The Kier molecular flexibility index (Phi) is 6.91. The number of anilines is 1. The summed E-state index contributed by atoms with van der Waals surface area (Å²) in [5.74, 6) is 1.35. The molecule has 3 aromatic rings. The van der Waals surface area contributed by atoms with Crippen LogP contribution in [0.3, 0.4) is 0 Å². The summed E-state index contributed by atoms with van der Waals surface area (Å²) in [7, 11) is 0. The number of aryl methyl sites for hydroxylation is 1. The number of nitrogens with two attached hydrogens (primary N) is 1. The van der Waals surface area contributed by atoms with E-state index in [-0.39, 0.29) is 18.4 Å². The van der Waals surface area contributed by atoms with Crippen LogP contribution in [0.1, 0.15) is 30.2 Å². The van der Waals surface area contributed by atoms with Gasteiger partial charge in [-0.15, -0.1) is 27.7 Å². The summed E-state index contributed by atoms with van der Waals surface area (Å²) in [5.41, 5.74) is 7.27. The number of nitrogens with zero attached hydrogens (tertiary/aromatic N) is 5. The first-order valence-corrected chi connectivity index (χ1v) is 7.99. The normalized spacial score (nSPS) is 11.8. The van der Waals surface area contributed by atoms with Gasteiger partial charge in [0.2, 0.25) is 5.89 Å². The van der Waals surface area contributed by atoms with E-state index in [4.69, 9.17) is 10.2 Å². The molecule has 1 aromatic carbocycles. The van der Waals surface area contributed by atoms with Gasteiger partial charge in [0, 0.05) is 19.5 Å². The van der Waals surface area contributed by atoms with Gasteiger partial charge in [-0.25, -0.2) is 0 Å². The molecule has 3 N–H and O–H groups in total. The van der Waals surface area contributed by atoms with Crippen LogP contribution in [0.15, 0.2) is 41.1 Å². The molecule has 25 heavy (non-hydrogen) atoms. The largest absolute Gasteiger partial charge is 0.406 e. The molecule has 0 radical (unpaired) electrons. The van der Waals surface area contributed by atoms with Crippen molar-refractivity contribution in [1.29, 1.82) is 0 Å². The van der Waals surface area contributed by atoms with E-state index < -0.39 is 0 Å². The van der Waals surface area contributed by atoms with E-state index in [0.29, 0.717) is 24.9 Å². The predicted octanol–water partition coefficient (Wildman–Crippen LogP) is 2.00. The van der Waals surface area contributed by atoms with Crippen molar-refractivity contribution in [3.05, 3.63) is 53.9 Å². The summed E-state index contributed by atoms with van der Waals surface area (Å²) in [6.07, 6.45) is 3.10. The lowest BCUT2D eigenvalue weighted by atomic mass is 10.1. The van der Waals surface area contributed by atoms with Gasteiger partial charge in [-0.3, -0.25) is 0 Å². The molecular formula is C16H22ClN7O. The quantitative estimate of drug-likeness (QED) is 0.630. The zero-order valence-corrected chi connectivity index (χ0v) is 14.8. The van der Waals surface area contributed by atoms with Crippen molar-refractivity contribution in [2.45, 2.75) is 32.4 Å². The Hall–Kier alpha value is -2.45. The molecule has 3 rings (SSSR count). The second kappa shape index (κ2) is 9.14. The number of hydrogen-bond acceptors (Lipinski definition) is 7. The maximum atomic E-state index is 6.14. The first-order chi connectivity index (χ1) is 11.8. The van der Waals surface area contributed by atoms with Gasteiger partial charge in [0.1, 0.15) is 12.2 Å². The van der Waals surface area contributed by atoms with E-state index in [1.807, 2.05) is 34.9 Å². The fourth-order valence-electron chi connectivity index (χ4n) is 2.43. The topological polar surface area (TPSA) is 108 Å². The highest BCUT2D eigenvalue weighted by Crippen LogP contribution is 2.16. The fraction of sp³-hybridized carbons (Fsp3) is 0.375. The Morgan fingerprint density at radius 2 is 2.00 bits per heavy atom. The monoisotopic (exact) mass is 363 g/mol. The molecule has 0 saturated heterocycles. The number of halogens is 1. The van der Waals surface area contributed by atoms with Crippen molar-refractivity contribution >= 4 is 18.4 Å². The molecule has 9 heteroatoms. The van der Waals surface area contributed by atoms with Crippen LogP contribution in [0, 0.1) is 0 Å². The lowest BCUT2D eigenvalue weighted by molar-refractivity contribution is 0.456. The molecule has 8 nitrogen and oxygen atoms in total. The van der Waals surface area contributed by atoms with Crippen molar-refractivity contribution in [3.8, 4) is 0 Å². The second-order valence-corrected chi connectivity index (χ2v) is 5.45. The van der Waals surface area contributed by atoms with Crippen LogP contribution in [0.4, 0.5) is 6.01 Å². The zero-order valence-electron chi connectivity index (χ0n) is 14.0. The summed E-state index contributed by atoms with van der Waals surface area (Å²) < 4.78 is 7.59. The van der Waals surface area contributed by atoms with Gasteiger partial charge in [-0.1, -0.05) is 35.4 Å². The third kappa shape index (κ3) is 5.01. The molecule has 0 unspecified atom stereocenters. The van der Waals surface area contributed by atoms with Crippen LogP contribution >= 0.6 is 12.4 Å². The van der Waals surface area contributed by atoms with Gasteiger partial charge in [-0.05, 0) is 18.9 Å². The van der Waals surface area contributed by atoms with Gasteiger partial charge in [0.05, 0.1) is 6.04 Å². The molecule has 0 amide bonds. The van der Waals surface area contributed by atoms with Crippen LogP contribution in [0.5, 0.6) is 0 Å². The van der Waals surface area contributed by atoms with E-state index in [1.165, 1.54) is 0 Å². The predicted molar refractivity (Wildman–Crippen MR) is 96.5 cm³/mol. The Labute approximate surface area is 152 Å². The Morgan fingerprint density at radius 1 is 1.20 bits per heavy atom. The number of nitrogens with one attached hydrogen (secondary N) is 1. The lowest BCUT2D eigenvalue weighted by Crippen LogP contribution is -2.13. The molecule has 0 saturated carbocycles. The SMILES string of the molecule is CCn1cnnc1CCNc1nnc([C@H](N)Cc2ccccc2)o1.Cl.